The third-order valence-electron chi connectivity index (χ3n) is 3.48. The molecule has 6 heteroatoms. The lowest BCUT2D eigenvalue weighted by Gasteiger charge is -2.32. The van der Waals surface area contributed by atoms with E-state index in [2.05, 4.69) is 5.32 Å². The van der Waals surface area contributed by atoms with Crippen molar-refractivity contribution in [2.45, 2.75) is 13.0 Å². The predicted octanol–water partition coefficient (Wildman–Crippen LogP) is 3.09. The molecule has 2 aromatic rings. The van der Waals surface area contributed by atoms with E-state index in [4.69, 9.17) is 16.3 Å². The van der Waals surface area contributed by atoms with Gasteiger partial charge in [-0.1, -0.05) is 29.8 Å². The van der Waals surface area contributed by atoms with E-state index in [9.17, 15) is 9.59 Å². The number of carbonyl (C=O) groups excluding carboxylic acids is 2. The number of benzene rings is 2. The molecule has 0 fully saturated rings. The Bertz CT molecular complexity index is 763. The van der Waals surface area contributed by atoms with Gasteiger partial charge in [0.05, 0.1) is 5.69 Å². The van der Waals surface area contributed by atoms with Crippen LogP contribution in [0.4, 0.5) is 11.4 Å². The van der Waals surface area contributed by atoms with Gasteiger partial charge in [0.25, 0.3) is 5.91 Å². The van der Waals surface area contributed by atoms with Crippen LogP contribution in [0.15, 0.2) is 48.5 Å². The van der Waals surface area contributed by atoms with Crippen molar-refractivity contribution in [2.75, 3.05) is 16.8 Å². The highest BCUT2D eigenvalue weighted by Gasteiger charge is 2.32. The molecular weight excluding hydrogens is 316 g/mol. The minimum atomic E-state index is -0.621. The van der Waals surface area contributed by atoms with Gasteiger partial charge in [0.15, 0.2) is 6.10 Å². The van der Waals surface area contributed by atoms with E-state index in [1.807, 2.05) is 6.07 Å². The first-order valence-corrected chi connectivity index (χ1v) is 7.55. The van der Waals surface area contributed by atoms with Gasteiger partial charge in [-0.05, 0) is 37.3 Å². The van der Waals surface area contributed by atoms with Crippen LogP contribution in [-0.4, -0.2) is 24.5 Å². The van der Waals surface area contributed by atoms with Crippen LogP contribution in [0.3, 0.4) is 0 Å². The average molecular weight is 331 g/mol. The zero-order valence-corrected chi connectivity index (χ0v) is 13.2. The fourth-order valence-corrected chi connectivity index (χ4v) is 2.62. The number of halogens is 1. The van der Waals surface area contributed by atoms with Gasteiger partial charge in [-0.2, -0.15) is 0 Å². The molecule has 118 valence electrons. The van der Waals surface area contributed by atoms with Gasteiger partial charge in [-0.3, -0.25) is 14.5 Å². The first-order chi connectivity index (χ1) is 11.0. The summed E-state index contributed by atoms with van der Waals surface area (Å²) in [5.74, 6) is 0.0459. The Hall–Kier alpha value is -2.53. The Morgan fingerprint density at radius 3 is 2.83 bits per heavy atom. The maximum absolute atomic E-state index is 12.3. The molecule has 3 rings (SSSR count). The molecule has 5 nitrogen and oxygen atoms in total. The van der Waals surface area contributed by atoms with Crippen molar-refractivity contribution >= 4 is 34.8 Å². The van der Waals surface area contributed by atoms with Crippen molar-refractivity contribution in [3.8, 4) is 5.75 Å². The SMILES string of the molecule is CC1Oc2ccccc2N(CC(=O)Nc2cccc(Cl)c2)C1=O. The van der Waals surface area contributed by atoms with Gasteiger partial charge in [0.1, 0.15) is 12.3 Å². The quantitative estimate of drug-likeness (QED) is 0.940. The lowest BCUT2D eigenvalue weighted by Crippen LogP contribution is -2.47. The second-order valence-electron chi connectivity index (χ2n) is 5.21. The average Bonchev–Trinajstić information content (AvgIpc) is 2.52. The van der Waals surface area contributed by atoms with Crippen LogP contribution in [0.2, 0.25) is 5.02 Å². The van der Waals surface area contributed by atoms with Crippen LogP contribution in [0.25, 0.3) is 0 Å². The number of nitrogens with zero attached hydrogens (tertiary/aromatic N) is 1. The van der Waals surface area contributed by atoms with Crippen LogP contribution in [-0.2, 0) is 9.59 Å². The molecule has 0 saturated heterocycles. The molecule has 2 aromatic carbocycles. The molecular formula is C17H15ClN2O3. The Balaban J connectivity index is 1.78. The Labute approximate surface area is 138 Å². The molecule has 1 aliphatic heterocycles. The molecule has 1 aliphatic rings. The Kier molecular flexibility index (Phi) is 4.21. The molecule has 1 heterocycles. The van der Waals surface area contributed by atoms with E-state index in [0.717, 1.165) is 0 Å². The van der Waals surface area contributed by atoms with Gasteiger partial charge in [0, 0.05) is 10.7 Å². The standard InChI is InChI=1S/C17H15ClN2O3/c1-11-17(22)20(14-7-2-3-8-15(14)23-11)10-16(21)19-13-6-4-5-12(18)9-13/h2-9,11H,10H2,1H3,(H,19,21). The molecule has 1 atom stereocenters. The van der Waals surface area contributed by atoms with E-state index in [1.165, 1.54) is 4.90 Å². The number of hydrogen-bond donors (Lipinski definition) is 1. The second kappa shape index (κ2) is 6.30. The second-order valence-corrected chi connectivity index (χ2v) is 5.65. The first-order valence-electron chi connectivity index (χ1n) is 7.17. The zero-order valence-electron chi connectivity index (χ0n) is 12.5. The van der Waals surface area contributed by atoms with Gasteiger partial charge >= 0.3 is 0 Å². The molecule has 0 radical (unpaired) electrons. The molecule has 1 unspecified atom stereocenters. The number of ether oxygens (including phenoxy) is 1. The molecule has 0 saturated carbocycles. The highest BCUT2D eigenvalue weighted by atomic mass is 35.5. The summed E-state index contributed by atoms with van der Waals surface area (Å²) in [6.45, 7) is 1.58. The topological polar surface area (TPSA) is 58.6 Å². The molecule has 0 bridgehead atoms. The molecule has 2 amide bonds. The monoisotopic (exact) mass is 330 g/mol. The highest BCUT2D eigenvalue weighted by molar-refractivity contribution is 6.30. The predicted molar refractivity (Wildman–Crippen MR) is 89.0 cm³/mol. The van der Waals surface area contributed by atoms with Crippen LogP contribution in [0, 0.1) is 0 Å². The Morgan fingerprint density at radius 1 is 1.26 bits per heavy atom. The van der Waals surface area contributed by atoms with Crippen LogP contribution >= 0.6 is 11.6 Å². The number of carbonyl (C=O) groups is 2. The van der Waals surface area contributed by atoms with E-state index >= 15 is 0 Å². The first kappa shape index (κ1) is 15.4. The zero-order chi connectivity index (χ0) is 16.4. The summed E-state index contributed by atoms with van der Waals surface area (Å²) in [6.07, 6.45) is -0.621. The van der Waals surface area contributed by atoms with Gasteiger partial charge in [-0.25, -0.2) is 0 Å². The summed E-state index contributed by atoms with van der Waals surface area (Å²) in [5.41, 5.74) is 1.18. The van der Waals surface area contributed by atoms with Gasteiger partial charge in [-0.15, -0.1) is 0 Å². The van der Waals surface area contributed by atoms with Crippen molar-refractivity contribution in [3.05, 3.63) is 53.6 Å². The van der Waals surface area contributed by atoms with E-state index in [1.54, 1.807) is 49.4 Å². The maximum atomic E-state index is 12.3. The third kappa shape index (κ3) is 3.29. The summed E-state index contributed by atoms with van der Waals surface area (Å²) < 4.78 is 5.55. The molecule has 0 aromatic heterocycles. The van der Waals surface area contributed by atoms with Gasteiger partial charge in [0.2, 0.25) is 5.91 Å². The molecule has 23 heavy (non-hydrogen) atoms. The fraction of sp³-hybridized carbons (Fsp3) is 0.176. The number of rotatable bonds is 3. The summed E-state index contributed by atoms with van der Waals surface area (Å²) in [6, 6.07) is 14.0. The number of fused-ring (bicyclic) bond motifs is 1. The van der Waals surface area contributed by atoms with E-state index in [-0.39, 0.29) is 18.4 Å². The fourth-order valence-electron chi connectivity index (χ4n) is 2.43. The minimum Gasteiger partial charge on any atom is -0.479 e. The largest absolute Gasteiger partial charge is 0.479 e. The lowest BCUT2D eigenvalue weighted by molar-refractivity contribution is -0.127. The Morgan fingerprint density at radius 2 is 2.04 bits per heavy atom. The summed E-state index contributed by atoms with van der Waals surface area (Å²) >= 11 is 5.90. The van der Waals surface area contributed by atoms with Crippen LogP contribution in [0.5, 0.6) is 5.75 Å². The number of hydrogen-bond acceptors (Lipinski definition) is 3. The van der Waals surface area contributed by atoms with E-state index < -0.39 is 6.10 Å². The summed E-state index contributed by atoms with van der Waals surface area (Å²) in [5, 5.41) is 3.27. The van der Waals surface area contributed by atoms with Crippen molar-refractivity contribution in [1.82, 2.24) is 0 Å². The molecule has 0 aliphatic carbocycles. The van der Waals surface area contributed by atoms with Crippen LogP contribution in [0.1, 0.15) is 6.92 Å². The van der Waals surface area contributed by atoms with Crippen molar-refractivity contribution in [3.63, 3.8) is 0 Å². The summed E-state index contributed by atoms with van der Waals surface area (Å²) in [7, 11) is 0. The van der Waals surface area contributed by atoms with Crippen molar-refractivity contribution in [2.24, 2.45) is 0 Å². The molecule has 1 N–H and O–H groups in total. The number of para-hydroxylation sites is 2. The normalized spacial score (nSPS) is 16.5. The maximum Gasteiger partial charge on any atom is 0.268 e. The smallest absolute Gasteiger partial charge is 0.268 e. The number of anilines is 2. The highest BCUT2D eigenvalue weighted by Crippen LogP contribution is 2.33. The lowest BCUT2D eigenvalue weighted by atomic mass is 10.2. The molecule has 0 spiro atoms. The van der Waals surface area contributed by atoms with Gasteiger partial charge < -0.3 is 10.1 Å². The summed E-state index contributed by atoms with van der Waals surface area (Å²) in [4.78, 5) is 26.0. The third-order valence-corrected chi connectivity index (χ3v) is 3.72. The van der Waals surface area contributed by atoms with Crippen molar-refractivity contribution < 1.29 is 14.3 Å². The van der Waals surface area contributed by atoms with E-state index in [0.29, 0.717) is 22.1 Å². The number of nitrogens with one attached hydrogen (secondary N) is 1. The number of amides is 2. The minimum absolute atomic E-state index is 0.0872. The van der Waals surface area contributed by atoms with Crippen molar-refractivity contribution in [1.29, 1.82) is 0 Å². The van der Waals surface area contributed by atoms with Crippen LogP contribution < -0.4 is 15.0 Å².